The quantitative estimate of drug-likeness (QED) is 0.161. The smallest absolute Gasteiger partial charge is 0.164 e. The summed E-state index contributed by atoms with van der Waals surface area (Å²) in [5, 5.41) is 7.74. The maximum absolute atomic E-state index is 5.17. The summed E-state index contributed by atoms with van der Waals surface area (Å²) in [6.45, 7) is 0. The molecule has 0 fully saturated rings. The Labute approximate surface area is 351 Å². The van der Waals surface area contributed by atoms with Crippen molar-refractivity contribution in [1.29, 1.82) is 0 Å². The van der Waals surface area contributed by atoms with Crippen LogP contribution in [-0.2, 0) is 0 Å². The fourth-order valence-corrected chi connectivity index (χ4v) is 9.00. The van der Waals surface area contributed by atoms with E-state index in [2.05, 4.69) is 150 Å². The molecule has 0 saturated carbocycles. The molecule has 0 aliphatic carbocycles. The van der Waals surface area contributed by atoms with Gasteiger partial charge in [0.1, 0.15) is 0 Å². The van der Waals surface area contributed by atoms with E-state index >= 15 is 0 Å². The Bertz CT molecular complexity index is 3580. The maximum atomic E-state index is 5.17. The predicted octanol–water partition coefficient (Wildman–Crippen LogP) is 12.7. The first-order chi connectivity index (χ1) is 30.1. The van der Waals surface area contributed by atoms with Gasteiger partial charge in [0.25, 0.3) is 0 Å². The number of pyridine rings is 3. The van der Waals surface area contributed by atoms with Gasteiger partial charge < -0.3 is 4.90 Å². The lowest BCUT2D eigenvalue weighted by molar-refractivity contribution is 0.814. The minimum Gasteiger partial charge on any atom is -0.362 e. The van der Waals surface area contributed by atoms with Gasteiger partial charge in [0.15, 0.2) is 17.5 Å². The molecule has 7 aromatic carbocycles. The third-order valence-corrected chi connectivity index (χ3v) is 12.0. The van der Waals surface area contributed by atoms with Gasteiger partial charge in [-0.15, -0.1) is 0 Å². The average Bonchev–Trinajstić information content (AvgIpc) is 3.33. The van der Waals surface area contributed by atoms with Crippen molar-refractivity contribution >= 4 is 66.0 Å². The summed E-state index contributed by atoms with van der Waals surface area (Å²) in [5.41, 5.74) is 11.1. The molecule has 5 heterocycles. The molecule has 1 unspecified atom stereocenters. The molecular formula is C54H35N7. The van der Waals surface area contributed by atoms with E-state index in [9.17, 15) is 0 Å². The van der Waals surface area contributed by atoms with Gasteiger partial charge in [0.05, 0.1) is 34.0 Å². The summed E-state index contributed by atoms with van der Waals surface area (Å²) in [6, 6.07) is 57.0. The van der Waals surface area contributed by atoms with Gasteiger partial charge in [0, 0.05) is 57.9 Å². The van der Waals surface area contributed by atoms with Crippen molar-refractivity contribution in [3.05, 3.63) is 193 Å². The normalized spacial score (nSPS) is 13.7. The van der Waals surface area contributed by atoms with Crippen molar-refractivity contribution in [3.8, 4) is 45.4 Å². The number of aromatic nitrogens is 6. The Balaban J connectivity index is 0.942. The average molecular weight is 782 g/mol. The highest BCUT2D eigenvalue weighted by Crippen LogP contribution is 2.42. The number of rotatable bonds is 5. The summed E-state index contributed by atoms with van der Waals surface area (Å²) < 4.78 is 0. The molecule has 7 nitrogen and oxygen atoms in total. The zero-order valence-electron chi connectivity index (χ0n) is 33.1. The summed E-state index contributed by atoms with van der Waals surface area (Å²) in [4.78, 5) is 32.3. The van der Waals surface area contributed by atoms with Gasteiger partial charge in [-0.1, -0.05) is 146 Å². The molecule has 0 N–H and O–H groups in total. The topological polar surface area (TPSA) is 80.6 Å². The predicted molar refractivity (Wildman–Crippen MR) is 249 cm³/mol. The summed E-state index contributed by atoms with van der Waals surface area (Å²) >= 11 is 0. The molecule has 7 heteroatoms. The van der Waals surface area contributed by atoms with Crippen molar-refractivity contribution in [2.75, 3.05) is 11.9 Å². The van der Waals surface area contributed by atoms with E-state index in [1.165, 1.54) is 16.5 Å². The third-order valence-electron chi connectivity index (χ3n) is 12.0. The lowest BCUT2D eigenvalue weighted by Crippen LogP contribution is -2.26. The number of benzene rings is 7. The minimum absolute atomic E-state index is 0.0328. The SMILES string of the molecule is CN1c2c(ccc3cccnc23)C=CC1c1cccc2cc(-c3nc(-c4ccccc4)nc(-c4ccc5c(-c6ccc7ccc8cccnc8c7n6)cccc5c4)n3)ccc12. The lowest BCUT2D eigenvalue weighted by atomic mass is 9.92. The van der Waals surface area contributed by atoms with Crippen LogP contribution >= 0.6 is 0 Å². The summed E-state index contributed by atoms with van der Waals surface area (Å²) in [5.74, 6) is 1.85. The highest BCUT2D eigenvalue weighted by atomic mass is 15.1. The lowest BCUT2D eigenvalue weighted by Gasteiger charge is -2.34. The first-order valence-corrected chi connectivity index (χ1v) is 20.4. The van der Waals surface area contributed by atoms with Crippen LogP contribution < -0.4 is 4.90 Å². The van der Waals surface area contributed by atoms with Gasteiger partial charge in [-0.05, 0) is 63.0 Å². The maximum Gasteiger partial charge on any atom is 0.164 e. The van der Waals surface area contributed by atoms with E-state index < -0.39 is 0 Å². The Kier molecular flexibility index (Phi) is 8.00. The fourth-order valence-electron chi connectivity index (χ4n) is 9.00. The molecule has 0 radical (unpaired) electrons. The number of anilines is 1. The van der Waals surface area contributed by atoms with Crippen LogP contribution in [0, 0.1) is 0 Å². The monoisotopic (exact) mass is 781 g/mol. The van der Waals surface area contributed by atoms with Crippen LogP contribution in [0.25, 0.3) is 106 Å². The van der Waals surface area contributed by atoms with E-state index in [4.69, 9.17) is 24.9 Å². The van der Waals surface area contributed by atoms with E-state index in [-0.39, 0.29) is 6.04 Å². The van der Waals surface area contributed by atoms with Crippen molar-refractivity contribution in [1.82, 2.24) is 29.9 Å². The van der Waals surface area contributed by atoms with Gasteiger partial charge in [-0.2, -0.15) is 0 Å². The molecule has 286 valence electrons. The van der Waals surface area contributed by atoms with Gasteiger partial charge >= 0.3 is 0 Å². The molecule has 0 spiro atoms. The Morgan fingerprint density at radius 1 is 0.443 bits per heavy atom. The second-order valence-corrected chi connectivity index (χ2v) is 15.6. The molecule has 1 atom stereocenters. The first-order valence-electron chi connectivity index (χ1n) is 20.4. The van der Waals surface area contributed by atoms with Crippen molar-refractivity contribution in [2.45, 2.75) is 6.04 Å². The Morgan fingerprint density at radius 2 is 1.05 bits per heavy atom. The molecule has 4 aromatic heterocycles. The van der Waals surface area contributed by atoms with Crippen LogP contribution in [0.5, 0.6) is 0 Å². The molecule has 1 aliphatic heterocycles. The number of likely N-dealkylation sites (N-methyl/N-ethyl adjacent to an activating group) is 1. The van der Waals surface area contributed by atoms with E-state index in [0.29, 0.717) is 17.5 Å². The molecule has 0 saturated heterocycles. The van der Waals surface area contributed by atoms with Crippen LogP contribution in [0.1, 0.15) is 17.2 Å². The van der Waals surface area contributed by atoms with Crippen molar-refractivity contribution < 1.29 is 0 Å². The van der Waals surface area contributed by atoms with Crippen LogP contribution in [0.2, 0.25) is 0 Å². The van der Waals surface area contributed by atoms with E-state index in [0.717, 1.165) is 82.5 Å². The third kappa shape index (κ3) is 5.89. The van der Waals surface area contributed by atoms with Crippen LogP contribution in [-0.4, -0.2) is 37.0 Å². The largest absolute Gasteiger partial charge is 0.362 e. The van der Waals surface area contributed by atoms with Crippen molar-refractivity contribution in [2.24, 2.45) is 0 Å². The standard InChI is InChI=1S/C54H35N7/c1-61-47(28-24-36-20-19-34-14-8-30-56-50(34)51(36)61)45-16-6-12-39-32-41(22-26-43(39)45)54-59-52(37-9-3-2-4-10-37)58-53(60-54)40-21-25-42-38(31-40)11-5-15-44(42)46-27-23-35-18-17-33-13-7-29-55-48(33)49(35)57-46/h2-32,47H,1H3. The zero-order chi connectivity index (χ0) is 40.4. The highest BCUT2D eigenvalue weighted by Gasteiger charge is 2.25. The molecule has 12 rings (SSSR count). The molecule has 61 heavy (non-hydrogen) atoms. The van der Waals surface area contributed by atoms with E-state index in [1.54, 1.807) is 0 Å². The summed E-state index contributed by atoms with van der Waals surface area (Å²) in [7, 11) is 2.17. The first kappa shape index (κ1) is 34.8. The number of hydrogen-bond donors (Lipinski definition) is 0. The van der Waals surface area contributed by atoms with Gasteiger partial charge in [-0.3, -0.25) is 9.97 Å². The number of fused-ring (bicyclic) bond motifs is 8. The molecule has 1 aliphatic rings. The van der Waals surface area contributed by atoms with Gasteiger partial charge in [0.2, 0.25) is 0 Å². The highest BCUT2D eigenvalue weighted by molar-refractivity contribution is 6.05. The molecule has 0 amide bonds. The second kappa shape index (κ2) is 14.0. The second-order valence-electron chi connectivity index (χ2n) is 15.6. The molecule has 0 bridgehead atoms. The number of nitrogens with zero attached hydrogens (tertiary/aromatic N) is 7. The molecular weight excluding hydrogens is 747 g/mol. The molecule has 11 aromatic rings. The minimum atomic E-state index is 0.0328. The van der Waals surface area contributed by atoms with Crippen LogP contribution in [0.4, 0.5) is 5.69 Å². The summed E-state index contributed by atoms with van der Waals surface area (Å²) in [6.07, 6.45) is 8.22. The zero-order valence-corrected chi connectivity index (χ0v) is 33.1. The number of hydrogen-bond acceptors (Lipinski definition) is 7. The Hall–Kier alpha value is -8.16. The van der Waals surface area contributed by atoms with Crippen LogP contribution in [0.3, 0.4) is 0 Å². The van der Waals surface area contributed by atoms with Crippen LogP contribution in [0.15, 0.2) is 182 Å². The van der Waals surface area contributed by atoms with Crippen molar-refractivity contribution in [3.63, 3.8) is 0 Å². The van der Waals surface area contributed by atoms with E-state index in [1.807, 2.05) is 54.9 Å². The Morgan fingerprint density at radius 3 is 1.82 bits per heavy atom. The fraction of sp³-hybridized carbons (Fsp3) is 0.0370. The van der Waals surface area contributed by atoms with Gasteiger partial charge in [-0.25, -0.2) is 19.9 Å².